The van der Waals surface area contributed by atoms with Gasteiger partial charge in [-0.05, 0) is 32.0 Å². The van der Waals surface area contributed by atoms with Crippen molar-refractivity contribution in [2.75, 3.05) is 30.8 Å². The van der Waals surface area contributed by atoms with E-state index in [1.807, 2.05) is 0 Å². The van der Waals surface area contributed by atoms with Gasteiger partial charge in [-0.2, -0.15) is 8.78 Å². The number of sulfonamides is 1. The first-order chi connectivity index (χ1) is 20.7. The van der Waals surface area contributed by atoms with Crippen molar-refractivity contribution in [2.24, 2.45) is 10.9 Å². The molecule has 2 saturated heterocycles. The van der Waals surface area contributed by atoms with Crippen molar-refractivity contribution in [1.29, 1.82) is 0 Å². The third-order valence-electron chi connectivity index (χ3n) is 8.64. The van der Waals surface area contributed by atoms with E-state index in [0.717, 1.165) is 6.26 Å². The van der Waals surface area contributed by atoms with Crippen molar-refractivity contribution in [3.8, 4) is 16.9 Å². The molecule has 15 heteroatoms. The second-order valence-electron chi connectivity index (χ2n) is 12.1. The van der Waals surface area contributed by atoms with Crippen LogP contribution in [0.15, 0.2) is 47.7 Å². The number of aromatic nitrogens is 2. The first-order valence-corrected chi connectivity index (χ1v) is 15.7. The monoisotopic (exact) mass is 629 g/mol. The molecular formula is C29H28F3N6O5S+. The van der Waals surface area contributed by atoms with E-state index in [1.165, 1.54) is 53.6 Å². The summed E-state index contributed by atoms with van der Waals surface area (Å²) in [7, 11) is -3.47. The zero-order valence-electron chi connectivity index (χ0n) is 23.9. The molecule has 44 heavy (non-hydrogen) atoms. The standard InChI is InChI=1S/C29H28F3N6O5S/c1-29(2,40)27-33-9-16(10-34-27)18-7-15-13-38-14-21(35-20(15)8-19(18)30)25(38)37(26(39)17-11-36(12-17)44(3,41)42)22-5-4-6-23(24(22)38)43-28(31)32/h4-10,13,17,21,25,28,40H,11-12,14H2,1-3H3/q+1/t21-,25?,38+/m1/s1. The molecule has 0 saturated carbocycles. The van der Waals surface area contributed by atoms with Crippen LogP contribution < -0.4 is 24.7 Å². The number of amides is 1. The number of para-hydroxylation sites is 1. The van der Waals surface area contributed by atoms with Crippen LogP contribution in [0.4, 0.5) is 24.5 Å². The number of ether oxygens (including phenoxy) is 1. The lowest BCUT2D eigenvalue weighted by atomic mass is 9.97. The Kier molecular flexibility index (Phi) is 6.25. The van der Waals surface area contributed by atoms with E-state index in [0.29, 0.717) is 34.1 Å². The van der Waals surface area contributed by atoms with Crippen molar-refractivity contribution in [3.05, 3.63) is 64.9 Å². The predicted octanol–water partition coefficient (Wildman–Crippen LogP) is 1.44. The fraction of sp³-hybridized carbons (Fsp3) is 0.379. The maximum atomic E-state index is 15.5. The van der Waals surface area contributed by atoms with Gasteiger partial charge >= 0.3 is 6.61 Å². The van der Waals surface area contributed by atoms with E-state index >= 15 is 4.39 Å². The predicted molar refractivity (Wildman–Crippen MR) is 153 cm³/mol. The number of anilines is 1. The largest absolute Gasteiger partial charge is 0.428 e. The molecular weight excluding hydrogens is 601 g/mol. The molecule has 5 heterocycles. The molecule has 2 fully saturated rings. The molecule has 1 unspecified atom stereocenters. The number of hydrogen-bond donors (Lipinski definition) is 1. The van der Waals surface area contributed by atoms with Crippen LogP contribution >= 0.6 is 0 Å². The third kappa shape index (κ3) is 4.32. The van der Waals surface area contributed by atoms with E-state index in [9.17, 15) is 27.1 Å². The molecule has 0 radical (unpaired) electrons. The third-order valence-corrected chi connectivity index (χ3v) is 9.88. The minimum atomic E-state index is -3.47. The van der Waals surface area contributed by atoms with Gasteiger partial charge in [0.25, 0.3) is 0 Å². The minimum absolute atomic E-state index is 0.0120. The van der Waals surface area contributed by atoms with Crippen LogP contribution in [0.2, 0.25) is 0 Å². The van der Waals surface area contributed by atoms with Crippen molar-refractivity contribution in [1.82, 2.24) is 18.8 Å². The number of aliphatic hydroxyl groups is 1. The smallest absolute Gasteiger partial charge is 0.387 e. The van der Waals surface area contributed by atoms with Gasteiger partial charge in [0.1, 0.15) is 29.9 Å². The maximum Gasteiger partial charge on any atom is 0.387 e. The van der Waals surface area contributed by atoms with Crippen LogP contribution in [0.25, 0.3) is 17.3 Å². The lowest BCUT2D eigenvalue weighted by molar-refractivity contribution is -0.127. The number of nitrogens with zero attached hydrogens (tertiary/aromatic N) is 6. The number of halogens is 3. The number of benzene rings is 2. The quantitative estimate of drug-likeness (QED) is 0.409. The lowest BCUT2D eigenvalue weighted by Gasteiger charge is -2.50. The topological polar surface area (TPSA) is 125 Å². The number of alkyl halides is 2. The van der Waals surface area contributed by atoms with Crippen molar-refractivity contribution in [2.45, 2.75) is 38.3 Å². The van der Waals surface area contributed by atoms with Crippen molar-refractivity contribution >= 4 is 33.5 Å². The fourth-order valence-corrected chi connectivity index (χ4v) is 7.48. The summed E-state index contributed by atoms with van der Waals surface area (Å²) >= 11 is 0. The Bertz CT molecular complexity index is 1950. The summed E-state index contributed by atoms with van der Waals surface area (Å²) in [5.74, 6) is -1.49. The summed E-state index contributed by atoms with van der Waals surface area (Å²) in [5.41, 5.74) is -0.0214. The molecule has 1 spiro atoms. The molecule has 11 nitrogen and oxygen atoms in total. The van der Waals surface area contributed by atoms with Crippen LogP contribution in [-0.2, 0) is 20.4 Å². The highest BCUT2D eigenvalue weighted by atomic mass is 32.2. The van der Waals surface area contributed by atoms with Crippen LogP contribution in [-0.4, -0.2) is 78.4 Å². The van der Waals surface area contributed by atoms with Crippen LogP contribution in [0.1, 0.15) is 19.7 Å². The molecule has 230 valence electrons. The summed E-state index contributed by atoms with van der Waals surface area (Å²) in [6.45, 7) is 0.281. The molecule has 2 bridgehead atoms. The van der Waals surface area contributed by atoms with Crippen LogP contribution in [0, 0.1) is 11.7 Å². The highest BCUT2D eigenvalue weighted by Gasteiger charge is 2.68. The number of carbonyl (C=O) groups is 1. The zero-order valence-corrected chi connectivity index (χ0v) is 24.7. The number of quaternary nitrogens is 1. The van der Waals surface area contributed by atoms with Crippen molar-refractivity contribution in [3.63, 3.8) is 0 Å². The molecule has 7 rings (SSSR count). The Morgan fingerprint density at radius 2 is 1.89 bits per heavy atom. The minimum Gasteiger partial charge on any atom is -0.428 e. The molecule has 0 aliphatic carbocycles. The van der Waals surface area contributed by atoms with E-state index in [-0.39, 0.29) is 40.6 Å². The number of fused-ring (bicyclic) bond motifs is 4. The van der Waals surface area contributed by atoms with Gasteiger partial charge in [-0.25, -0.2) is 31.6 Å². The first-order valence-electron chi connectivity index (χ1n) is 13.9. The van der Waals surface area contributed by atoms with Gasteiger partial charge in [0.2, 0.25) is 27.8 Å². The maximum absolute atomic E-state index is 15.5. The first kappa shape index (κ1) is 28.8. The number of rotatable bonds is 6. The molecule has 2 aromatic carbocycles. The highest BCUT2D eigenvalue weighted by molar-refractivity contribution is 7.88. The molecule has 3 aromatic rings. The Hall–Kier alpha value is -3.92. The Morgan fingerprint density at radius 1 is 1.18 bits per heavy atom. The van der Waals surface area contributed by atoms with Gasteiger partial charge in [0.05, 0.1) is 22.7 Å². The summed E-state index contributed by atoms with van der Waals surface area (Å²) in [4.78, 5) is 28.7. The average molecular weight is 630 g/mol. The van der Waals surface area contributed by atoms with Gasteiger partial charge in [-0.15, -0.1) is 0 Å². The second kappa shape index (κ2) is 9.54. The molecule has 4 aliphatic rings. The van der Waals surface area contributed by atoms with Gasteiger partial charge in [-0.3, -0.25) is 14.7 Å². The van der Waals surface area contributed by atoms with E-state index in [4.69, 9.17) is 9.73 Å². The molecule has 1 amide bonds. The zero-order chi connectivity index (χ0) is 31.3. The molecule has 1 N–H and O–H groups in total. The summed E-state index contributed by atoms with van der Waals surface area (Å²) in [5, 5.41) is 11.0. The number of carbonyl (C=O) groups excluding carboxylic acids is 1. The molecule has 4 aliphatic heterocycles. The van der Waals surface area contributed by atoms with Gasteiger partial charge in [-0.1, -0.05) is 6.07 Å². The van der Waals surface area contributed by atoms with E-state index in [1.54, 1.807) is 18.3 Å². The summed E-state index contributed by atoms with van der Waals surface area (Å²) in [6.07, 6.45) is 5.02. The van der Waals surface area contributed by atoms with Crippen LogP contribution in [0.3, 0.4) is 0 Å². The fourth-order valence-electron chi connectivity index (χ4n) is 6.58. The Morgan fingerprint density at radius 3 is 2.52 bits per heavy atom. The average Bonchev–Trinajstić information content (AvgIpc) is 2.98. The summed E-state index contributed by atoms with van der Waals surface area (Å²) < 4.78 is 72.7. The van der Waals surface area contributed by atoms with Gasteiger partial charge in [0, 0.05) is 42.7 Å². The lowest BCUT2D eigenvalue weighted by Crippen LogP contribution is -2.75. The second-order valence-corrected chi connectivity index (χ2v) is 14.1. The summed E-state index contributed by atoms with van der Waals surface area (Å²) in [6, 6.07) is 6.96. The van der Waals surface area contributed by atoms with Crippen LogP contribution in [0.5, 0.6) is 5.75 Å². The van der Waals surface area contributed by atoms with E-state index in [2.05, 4.69) is 9.97 Å². The van der Waals surface area contributed by atoms with Gasteiger partial charge < -0.3 is 9.84 Å². The molecule has 1 aromatic heterocycles. The van der Waals surface area contributed by atoms with Gasteiger partial charge in [0.15, 0.2) is 17.6 Å². The molecule has 3 atom stereocenters. The highest BCUT2D eigenvalue weighted by Crippen LogP contribution is 2.58. The number of hydrogen-bond acceptors (Lipinski definition) is 8. The normalized spacial score (nSPS) is 24.2. The Labute approximate surface area is 250 Å². The Balaban J connectivity index is 1.36. The van der Waals surface area contributed by atoms with E-state index < -0.39 is 46.2 Å². The SMILES string of the molecule is CC(C)(O)c1ncc(-c2cc3c(cc2F)=N[C@@H]2C[N@@+]4(C=3)c3c(OC(F)F)cccc3N(C(=O)C3CN(S(C)(=O)=O)C3)C24)cn1. The van der Waals surface area contributed by atoms with Crippen molar-refractivity contribution < 1.29 is 36.2 Å².